The van der Waals surface area contributed by atoms with Crippen LogP contribution in [0.5, 0.6) is 11.6 Å². The molecule has 5 rings (SSSR count). The molecule has 3 heterocycles. The maximum Gasteiger partial charge on any atom is 0.256 e. The van der Waals surface area contributed by atoms with Crippen LogP contribution in [0.25, 0.3) is 11.3 Å². The summed E-state index contributed by atoms with van der Waals surface area (Å²) >= 11 is 1.25. The Labute approximate surface area is 223 Å². The van der Waals surface area contributed by atoms with Gasteiger partial charge in [0.15, 0.2) is 0 Å². The van der Waals surface area contributed by atoms with Crippen molar-refractivity contribution in [1.82, 2.24) is 20.1 Å². The number of hydrogen-bond acceptors (Lipinski definition) is 7. The minimum atomic E-state index is -0.914. The Balaban J connectivity index is 1.53. The Morgan fingerprint density at radius 3 is 2.63 bits per heavy atom. The SMILES string of the molecule is CCN(C)C(=O)c1ccc(-c2ccc3c(n2)Oc2ccccc2C3C(C)(C)C(=O)Nc2nncs2)cc1F. The van der Waals surface area contributed by atoms with E-state index >= 15 is 0 Å². The summed E-state index contributed by atoms with van der Waals surface area (Å²) in [5.74, 6) is -0.656. The number of para-hydroxylation sites is 1. The molecule has 0 saturated heterocycles. The Kier molecular flexibility index (Phi) is 6.66. The molecule has 0 bridgehead atoms. The van der Waals surface area contributed by atoms with Crippen LogP contribution in [0.3, 0.4) is 0 Å². The van der Waals surface area contributed by atoms with Gasteiger partial charge in [0.2, 0.25) is 16.9 Å². The largest absolute Gasteiger partial charge is 0.438 e. The topological polar surface area (TPSA) is 97.3 Å². The van der Waals surface area contributed by atoms with E-state index in [1.54, 1.807) is 24.7 Å². The van der Waals surface area contributed by atoms with Crippen molar-refractivity contribution in [3.05, 3.63) is 82.6 Å². The number of amides is 2. The fourth-order valence-electron chi connectivity index (χ4n) is 4.59. The number of hydrogen-bond donors (Lipinski definition) is 1. The zero-order valence-electron chi connectivity index (χ0n) is 21.4. The first-order chi connectivity index (χ1) is 18.2. The fraction of sp³-hybridized carbons (Fsp3) is 0.250. The van der Waals surface area contributed by atoms with Crippen molar-refractivity contribution < 1.29 is 18.7 Å². The molecule has 1 atom stereocenters. The van der Waals surface area contributed by atoms with E-state index in [0.717, 1.165) is 11.1 Å². The van der Waals surface area contributed by atoms with Gasteiger partial charge in [-0.2, -0.15) is 0 Å². The Hall–Kier alpha value is -4.18. The third-order valence-corrected chi connectivity index (χ3v) is 7.45. The summed E-state index contributed by atoms with van der Waals surface area (Å²) in [6, 6.07) is 15.6. The number of anilines is 1. The molecule has 0 radical (unpaired) electrons. The number of aromatic nitrogens is 3. The van der Waals surface area contributed by atoms with Crippen LogP contribution < -0.4 is 10.1 Å². The molecule has 2 aromatic carbocycles. The van der Waals surface area contributed by atoms with Gasteiger partial charge in [-0.25, -0.2) is 9.37 Å². The van der Waals surface area contributed by atoms with Crippen molar-refractivity contribution >= 4 is 28.3 Å². The highest BCUT2D eigenvalue weighted by molar-refractivity contribution is 7.13. The molecule has 38 heavy (non-hydrogen) atoms. The third kappa shape index (κ3) is 4.51. The molecule has 0 saturated carbocycles. The highest BCUT2D eigenvalue weighted by Crippen LogP contribution is 2.52. The first kappa shape index (κ1) is 25.5. The molecule has 0 fully saturated rings. The van der Waals surface area contributed by atoms with Gasteiger partial charge in [0.1, 0.15) is 17.1 Å². The predicted molar refractivity (Wildman–Crippen MR) is 143 cm³/mol. The van der Waals surface area contributed by atoms with E-state index in [0.29, 0.717) is 34.6 Å². The van der Waals surface area contributed by atoms with Gasteiger partial charge in [-0.1, -0.05) is 55.5 Å². The molecule has 1 N–H and O–H groups in total. The molecule has 2 aromatic heterocycles. The van der Waals surface area contributed by atoms with Crippen molar-refractivity contribution in [1.29, 1.82) is 0 Å². The molecule has 1 unspecified atom stereocenters. The van der Waals surface area contributed by atoms with Crippen molar-refractivity contribution in [2.75, 3.05) is 18.9 Å². The van der Waals surface area contributed by atoms with E-state index in [1.807, 2.05) is 51.1 Å². The van der Waals surface area contributed by atoms with Gasteiger partial charge >= 0.3 is 0 Å². The normalized spacial score (nSPS) is 14.2. The minimum absolute atomic E-state index is 0.00416. The van der Waals surface area contributed by atoms with Gasteiger partial charge in [0.05, 0.1) is 16.7 Å². The van der Waals surface area contributed by atoms with Gasteiger partial charge < -0.3 is 15.0 Å². The lowest BCUT2D eigenvalue weighted by molar-refractivity contribution is -0.124. The number of pyridine rings is 1. The van der Waals surface area contributed by atoms with E-state index in [-0.39, 0.29) is 23.3 Å². The van der Waals surface area contributed by atoms with Gasteiger partial charge in [0.25, 0.3) is 5.91 Å². The molecular formula is C28H26FN5O3S. The number of ether oxygens (including phenoxy) is 1. The summed E-state index contributed by atoms with van der Waals surface area (Å²) < 4.78 is 21.1. The standard InChI is InChI=1S/C28H26FN5O3S/c1-5-34(4)25(35)17-11-10-16(14-20(17)29)21-13-12-19-23(18-8-6-7-9-22(18)37-24(19)31-21)28(2,3)26(36)32-27-33-30-15-38-27/h6-15,23H,5H2,1-4H3,(H,32,33,36). The summed E-state index contributed by atoms with van der Waals surface area (Å²) in [5.41, 5.74) is 3.24. The fourth-order valence-corrected chi connectivity index (χ4v) is 5.03. The second-order valence-electron chi connectivity index (χ2n) is 9.60. The molecule has 194 valence electrons. The zero-order chi connectivity index (χ0) is 27.0. The summed E-state index contributed by atoms with van der Waals surface area (Å²) in [5, 5.41) is 11.0. The van der Waals surface area contributed by atoms with E-state index in [9.17, 15) is 14.0 Å². The number of nitrogens with one attached hydrogen (secondary N) is 1. The van der Waals surface area contributed by atoms with Crippen molar-refractivity contribution in [2.24, 2.45) is 5.41 Å². The summed E-state index contributed by atoms with van der Waals surface area (Å²) in [6.07, 6.45) is 0. The molecule has 0 spiro atoms. The molecule has 1 aliphatic rings. The minimum Gasteiger partial charge on any atom is -0.438 e. The molecule has 4 aromatic rings. The van der Waals surface area contributed by atoms with Crippen molar-refractivity contribution in [3.63, 3.8) is 0 Å². The quantitative estimate of drug-likeness (QED) is 0.341. The van der Waals surface area contributed by atoms with E-state index in [1.165, 1.54) is 28.4 Å². The predicted octanol–water partition coefficient (Wildman–Crippen LogP) is 5.73. The summed E-state index contributed by atoms with van der Waals surface area (Å²) in [6.45, 7) is 6.04. The van der Waals surface area contributed by atoms with Gasteiger partial charge in [-0.05, 0) is 31.2 Å². The zero-order valence-corrected chi connectivity index (χ0v) is 22.2. The lowest BCUT2D eigenvalue weighted by atomic mass is 9.69. The van der Waals surface area contributed by atoms with Crippen LogP contribution in [-0.4, -0.2) is 45.5 Å². The second-order valence-corrected chi connectivity index (χ2v) is 10.4. The average Bonchev–Trinajstić information content (AvgIpc) is 3.43. The second kappa shape index (κ2) is 9.94. The Bertz CT molecular complexity index is 1520. The molecule has 1 aliphatic heterocycles. The Morgan fingerprint density at radius 1 is 1.13 bits per heavy atom. The van der Waals surface area contributed by atoms with Gasteiger partial charge in [-0.3, -0.25) is 9.59 Å². The van der Waals surface area contributed by atoms with E-state index in [2.05, 4.69) is 15.5 Å². The average molecular weight is 532 g/mol. The molecular weight excluding hydrogens is 505 g/mol. The third-order valence-electron chi connectivity index (χ3n) is 6.84. The highest BCUT2D eigenvalue weighted by Gasteiger charge is 2.44. The van der Waals surface area contributed by atoms with E-state index in [4.69, 9.17) is 9.72 Å². The summed E-state index contributed by atoms with van der Waals surface area (Å²) in [4.78, 5) is 32.0. The molecule has 10 heteroatoms. The molecule has 2 amide bonds. The number of nitrogens with zero attached hydrogens (tertiary/aromatic N) is 4. The first-order valence-electron chi connectivity index (χ1n) is 12.1. The van der Waals surface area contributed by atoms with Crippen LogP contribution >= 0.6 is 11.3 Å². The van der Waals surface area contributed by atoms with Crippen LogP contribution in [0.4, 0.5) is 9.52 Å². The van der Waals surface area contributed by atoms with E-state index < -0.39 is 11.2 Å². The van der Waals surface area contributed by atoms with Crippen LogP contribution in [0, 0.1) is 11.2 Å². The van der Waals surface area contributed by atoms with Gasteiger partial charge in [-0.15, -0.1) is 10.2 Å². The van der Waals surface area contributed by atoms with Crippen molar-refractivity contribution in [2.45, 2.75) is 26.7 Å². The monoisotopic (exact) mass is 531 g/mol. The number of rotatable bonds is 6. The maximum absolute atomic E-state index is 14.9. The number of benzene rings is 2. The molecule has 8 nitrogen and oxygen atoms in total. The number of carbonyl (C=O) groups is 2. The Morgan fingerprint density at radius 2 is 1.92 bits per heavy atom. The number of fused-ring (bicyclic) bond motifs is 2. The van der Waals surface area contributed by atoms with Crippen LogP contribution in [0.2, 0.25) is 0 Å². The maximum atomic E-state index is 14.9. The lowest BCUT2D eigenvalue weighted by Crippen LogP contribution is -2.38. The highest BCUT2D eigenvalue weighted by atomic mass is 32.1. The van der Waals surface area contributed by atoms with Crippen LogP contribution in [-0.2, 0) is 4.79 Å². The smallest absolute Gasteiger partial charge is 0.256 e. The lowest BCUT2D eigenvalue weighted by Gasteiger charge is -2.37. The van der Waals surface area contributed by atoms with Crippen LogP contribution in [0.15, 0.2) is 60.1 Å². The molecule has 0 aliphatic carbocycles. The number of halogens is 1. The summed E-state index contributed by atoms with van der Waals surface area (Å²) in [7, 11) is 1.63. The first-order valence-corrected chi connectivity index (χ1v) is 13.0. The van der Waals surface area contributed by atoms with Gasteiger partial charge in [0, 0.05) is 36.2 Å². The number of carbonyl (C=O) groups excluding carboxylic acids is 2. The van der Waals surface area contributed by atoms with Crippen LogP contribution in [0.1, 0.15) is 48.2 Å². The van der Waals surface area contributed by atoms with Crippen molar-refractivity contribution in [3.8, 4) is 22.9 Å².